The highest BCUT2D eigenvalue weighted by Gasteiger charge is 2.19. The van der Waals surface area contributed by atoms with Crippen LogP contribution in [0.1, 0.15) is 20.9 Å². The van der Waals surface area contributed by atoms with Crippen LogP contribution in [0.5, 0.6) is 5.75 Å². The van der Waals surface area contributed by atoms with Crippen molar-refractivity contribution in [1.29, 1.82) is 0 Å². The number of carbonyl (C=O) groups excluding carboxylic acids is 2. The Hall–Kier alpha value is -2.12. The largest absolute Gasteiger partial charge is 0.506 e. The van der Waals surface area contributed by atoms with Gasteiger partial charge in [-0.15, -0.1) is 0 Å². The van der Waals surface area contributed by atoms with Gasteiger partial charge in [0.2, 0.25) is 5.78 Å². The molecule has 0 fully saturated rings. The maximum Gasteiger partial charge on any atom is 0.342 e. The summed E-state index contributed by atoms with van der Waals surface area (Å²) in [5.41, 5.74) is 0.536. The molecule has 0 aliphatic heterocycles. The molecule has 3 aromatic rings. The number of carbonyl (C=O) groups is 2. The molecule has 24 heavy (non-hydrogen) atoms. The fourth-order valence-corrected chi connectivity index (χ4v) is 3.35. The van der Waals surface area contributed by atoms with Crippen LogP contribution < -0.4 is 0 Å². The summed E-state index contributed by atoms with van der Waals surface area (Å²) in [5, 5.41) is 10.7. The molecule has 0 aliphatic carbocycles. The van der Waals surface area contributed by atoms with E-state index >= 15 is 0 Å². The molecular formula is C17H10Br2O5. The molecule has 0 unspecified atom stereocenters. The lowest BCUT2D eigenvalue weighted by Gasteiger charge is -2.07. The third-order valence-corrected chi connectivity index (χ3v) is 4.35. The van der Waals surface area contributed by atoms with E-state index in [0.29, 0.717) is 14.5 Å². The summed E-state index contributed by atoms with van der Waals surface area (Å²) in [4.78, 5) is 24.2. The number of ether oxygens (including phenoxy) is 1. The second kappa shape index (κ2) is 6.78. The number of ketones is 1. The van der Waals surface area contributed by atoms with E-state index in [-0.39, 0.29) is 17.1 Å². The number of Topliss-reactive ketones (excluding diaryl/α,β-unsaturated/α-hetero) is 1. The van der Waals surface area contributed by atoms with E-state index in [1.54, 1.807) is 24.3 Å². The number of hydrogen-bond acceptors (Lipinski definition) is 5. The average molecular weight is 454 g/mol. The van der Waals surface area contributed by atoms with Gasteiger partial charge in [-0.1, -0.05) is 34.1 Å². The van der Waals surface area contributed by atoms with Gasteiger partial charge < -0.3 is 14.3 Å². The van der Waals surface area contributed by atoms with Crippen LogP contribution in [0.15, 0.2) is 55.8 Å². The number of fused-ring (bicyclic) bond motifs is 1. The maximum absolute atomic E-state index is 12.1. The Bertz CT molecular complexity index is 912. The highest BCUT2D eigenvalue weighted by molar-refractivity contribution is 9.11. The van der Waals surface area contributed by atoms with Crippen LogP contribution >= 0.6 is 31.9 Å². The van der Waals surface area contributed by atoms with Gasteiger partial charge in [-0.2, -0.15) is 0 Å². The zero-order valence-electron chi connectivity index (χ0n) is 12.1. The lowest BCUT2D eigenvalue weighted by molar-refractivity contribution is 0.0465. The summed E-state index contributed by atoms with van der Waals surface area (Å²) in [6, 6.07) is 11.8. The van der Waals surface area contributed by atoms with Gasteiger partial charge in [0, 0.05) is 9.86 Å². The number of halogens is 2. The summed E-state index contributed by atoms with van der Waals surface area (Å²) in [6.07, 6.45) is 0. The number of phenolic OH excluding ortho intramolecular Hbond substituents is 1. The molecule has 122 valence electrons. The van der Waals surface area contributed by atoms with Crippen LogP contribution in [0.2, 0.25) is 0 Å². The van der Waals surface area contributed by atoms with Gasteiger partial charge in [0.1, 0.15) is 16.9 Å². The minimum atomic E-state index is -0.807. The summed E-state index contributed by atoms with van der Waals surface area (Å²) < 4.78 is 11.3. The molecule has 1 heterocycles. The Morgan fingerprint density at radius 2 is 1.88 bits per heavy atom. The zero-order valence-corrected chi connectivity index (χ0v) is 15.3. The van der Waals surface area contributed by atoms with Crippen molar-refractivity contribution >= 4 is 54.6 Å². The SMILES string of the molecule is O=C(COC(=O)c1cc(Br)cc(Br)c1O)c1cc2ccccc2o1. The third kappa shape index (κ3) is 3.37. The minimum Gasteiger partial charge on any atom is -0.506 e. The molecular weight excluding hydrogens is 444 g/mol. The number of esters is 1. The average Bonchev–Trinajstić information content (AvgIpc) is 2.99. The van der Waals surface area contributed by atoms with Crippen LogP contribution in [0, 0.1) is 0 Å². The Labute approximate surface area is 153 Å². The fourth-order valence-electron chi connectivity index (χ4n) is 2.12. The minimum absolute atomic E-state index is 0.0475. The molecule has 0 atom stereocenters. The van der Waals surface area contributed by atoms with Crippen molar-refractivity contribution in [2.75, 3.05) is 6.61 Å². The molecule has 0 radical (unpaired) electrons. The van der Waals surface area contributed by atoms with Crippen molar-refractivity contribution in [3.8, 4) is 5.75 Å². The maximum atomic E-state index is 12.1. The predicted molar refractivity (Wildman–Crippen MR) is 94.3 cm³/mol. The Morgan fingerprint density at radius 3 is 2.62 bits per heavy atom. The monoisotopic (exact) mass is 452 g/mol. The molecule has 0 saturated heterocycles. The van der Waals surface area contributed by atoms with Crippen LogP contribution in [0.25, 0.3) is 11.0 Å². The Kier molecular flexibility index (Phi) is 4.73. The summed E-state index contributed by atoms with van der Waals surface area (Å²) in [5.74, 6) is -1.41. The van der Waals surface area contributed by atoms with E-state index < -0.39 is 18.4 Å². The molecule has 2 aromatic carbocycles. The van der Waals surface area contributed by atoms with E-state index in [0.717, 1.165) is 5.39 Å². The van der Waals surface area contributed by atoms with E-state index in [2.05, 4.69) is 31.9 Å². The quantitative estimate of drug-likeness (QED) is 0.457. The number of benzene rings is 2. The van der Waals surface area contributed by atoms with Crippen LogP contribution in [0.4, 0.5) is 0 Å². The molecule has 1 aromatic heterocycles. The number of para-hydroxylation sites is 1. The topological polar surface area (TPSA) is 76.7 Å². The van der Waals surface area contributed by atoms with Crippen molar-refractivity contribution < 1.29 is 23.8 Å². The van der Waals surface area contributed by atoms with E-state index in [1.165, 1.54) is 6.07 Å². The third-order valence-electron chi connectivity index (χ3n) is 3.28. The first kappa shape index (κ1) is 16.7. The second-order valence-corrected chi connectivity index (χ2v) is 6.70. The summed E-state index contributed by atoms with van der Waals surface area (Å²) in [7, 11) is 0. The Balaban J connectivity index is 1.73. The van der Waals surface area contributed by atoms with E-state index in [4.69, 9.17) is 9.15 Å². The normalized spacial score (nSPS) is 10.8. The number of rotatable bonds is 4. The van der Waals surface area contributed by atoms with Gasteiger partial charge >= 0.3 is 5.97 Å². The van der Waals surface area contributed by atoms with Gasteiger partial charge in [0.05, 0.1) is 4.47 Å². The first-order valence-electron chi connectivity index (χ1n) is 6.82. The molecule has 0 bridgehead atoms. The molecule has 0 amide bonds. The van der Waals surface area contributed by atoms with Crippen molar-refractivity contribution in [1.82, 2.24) is 0 Å². The van der Waals surface area contributed by atoms with Crippen LogP contribution in [-0.4, -0.2) is 23.5 Å². The zero-order chi connectivity index (χ0) is 17.3. The van der Waals surface area contributed by atoms with Crippen LogP contribution in [0.3, 0.4) is 0 Å². The summed E-state index contributed by atoms with van der Waals surface area (Å²) >= 11 is 6.35. The number of hydrogen-bond donors (Lipinski definition) is 1. The second-order valence-electron chi connectivity index (χ2n) is 4.93. The molecule has 5 nitrogen and oxygen atoms in total. The standard InChI is InChI=1S/C17H10Br2O5/c18-10-6-11(16(21)12(19)7-10)17(22)23-8-13(20)15-5-9-3-1-2-4-14(9)24-15/h1-7,21H,8H2. The number of phenols is 1. The van der Waals surface area contributed by atoms with E-state index in [1.807, 2.05) is 12.1 Å². The summed E-state index contributed by atoms with van der Waals surface area (Å²) in [6.45, 7) is -0.484. The number of furan rings is 1. The smallest absolute Gasteiger partial charge is 0.342 e. The van der Waals surface area contributed by atoms with Gasteiger partial charge in [0.15, 0.2) is 12.4 Å². The Morgan fingerprint density at radius 1 is 1.12 bits per heavy atom. The predicted octanol–water partition coefficient (Wildman–Crippen LogP) is 4.70. The van der Waals surface area contributed by atoms with Gasteiger partial charge in [-0.05, 0) is 40.2 Å². The van der Waals surface area contributed by atoms with Crippen molar-refractivity contribution in [3.63, 3.8) is 0 Å². The highest BCUT2D eigenvalue weighted by Crippen LogP contribution is 2.32. The molecule has 0 saturated carbocycles. The fraction of sp³-hybridized carbons (Fsp3) is 0.0588. The molecule has 0 aliphatic rings. The molecule has 1 N–H and O–H groups in total. The first-order chi connectivity index (χ1) is 11.5. The molecule has 7 heteroatoms. The van der Waals surface area contributed by atoms with Gasteiger partial charge in [0.25, 0.3) is 0 Å². The molecule has 3 rings (SSSR count). The number of aromatic hydroxyl groups is 1. The van der Waals surface area contributed by atoms with Crippen LogP contribution in [-0.2, 0) is 4.74 Å². The van der Waals surface area contributed by atoms with Crippen molar-refractivity contribution in [3.05, 3.63) is 62.7 Å². The lowest BCUT2D eigenvalue weighted by Crippen LogP contribution is -2.14. The molecule has 0 spiro atoms. The van der Waals surface area contributed by atoms with Crippen molar-refractivity contribution in [2.45, 2.75) is 0 Å². The van der Waals surface area contributed by atoms with Crippen molar-refractivity contribution in [2.24, 2.45) is 0 Å². The van der Waals surface area contributed by atoms with Gasteiger partial charge in [-0.25, -0.2) is 4.79 Å². The lowest BCUT2D eigenvalue weighted by atomic mass is 10.2. The van der Waals surface area contributed by atoms with E-state index in [9.17, 15) is 14.7 Å². The first-order valence-corrected chi connectivity index (χ1v) is 8.41. The van der Waals surface area contributed by atoms with Gasteiger partial charge in [-0.3, -0.25) is 4.79 Å². The highest BCUT2D eigenvalue weighted by atomic mass is 79.9.